The van der Waals surface area contributed by atoms with Crippen LogP contribution >= 0.6 is 11.3 Å². The molecule has 1 aromatic carbocycles. The SMILES string of the molecule is COc1cccc(-c2nc(C(=O)NCCC(C)C)cs2)c1OC. The second-order valence-corrected chi connectivity index (χ2v) is 6.38. The van der Waals surface area contributed by atoms with E-state index in [9.17, 15) is 4.79 Å². The number of carbonyl (C=O) groups excluding carboxylic acids is 1. The van der Waals surface area contributed by atoms with E-state index in [4.69, 9.17) is 9.47 Å². The standard InChI is InChI=1S/C17H22N2O3S/c1-11(2)8-9-18-16(20)13-10-23-17(19-13)12-6-5-7-14(21-3)15(12)22-4/h5-7,10-11H,8-9H2,1-4H3,(H,18,20). The highest BCUT2D eigenvalue weighted by molar-refractivity contribution is 7.13. The molecule has 124 valence electrons. The third-order valence-electron chi connectivity index (χ3n) is 3.38. The van der Waals surface area contributed by atoms with E-state index in [1.54, 1.807) is 19.6 Å². The van der Waals surface area contributed by atoms with Crippen molar-refractivity contribution in [1.29, 1.82) is 0 Å². The van der Waals surface area contributed by atoms with Crippen molar-refractivity contribution in [3.05, 3.63) is 29.3 Å². The van der Waals surface area contributed by atoms with E-state index < -0.39 is 0 Å². The van der Waals surface area contributed by atoms with Gasteiger partial charge in [-0.15, -0.1) is 11.3 Å². The topological polar surface area (TPSA) is 60.5 Å². The summed E-state index contributed by atoms with van der Waals surface area (Å²) in [5, 5.41) is 5.39. The van der Waals surface area contributed by atoms with E-state index in [1.807, 2.05) is 18.2 Å². The number of methoxy groups -OCH3 is 2. The molecule has 1 amide bonds. The molecule has 2 rings (SSSR count). The summed E-state index contributed by atoms with van der Waals surface area (Å²) in [5.74, 6) is 1.68. The molecule has 0 aliphatic rings. The van der Waals surface area contributed by atoms with E-state index >= 15 is 0 Å². The number of carbonyl (C=O) groups is 1. The van der Waals surface area contributed by atoms with Crippen molar-refractivity contribution in [2.75, 3.05) is 20.8 Å². The zero-order chi connectivity index (χ0) is 16.8. The van der Waals surface area contributed by atoms with Crippen LogP contribution in [-0.4, -0.2) is 31.7 Å². The molecule has 0 spiro atoms. The van der Waals surface area contributed by atoms with Crippen LogP contribution in [0, 0.1) is 5.92 Å². The van der Waals surface area contributed by atoms with Crippen LogP contribution < -0.4 is 14.8 Å². The van der Waals surface area contributed by atoms with Crippen LogP contribution in [0.2, 0.25) is 0 Å². The van der Waals surface area contributed by atoms with Crippen LogP contribution in [0.3, 0.4) is 0 Å². The first-order valence-corrected chi connectivity index (χ1v) is 8.39. The van der Waals surface area contributed by atoms with Gasteiger partial charge in [0.25, 0.3) is 5.91 Å². The Bertz CT molecular complexity index is 668. The summed E-state index contributed by atoms with van der Waals surface area (Å²) < 4.78 is 10.7. The van der Waals surface area contributed by atoms with Gasteiger partial charge in [-0.3, -0.25) is 4.79 Å². The van der Waals surface area contributed by atoms with Gasteiger partial charge in [-0.05, 0) is 24.5 Å². The quantitative estimate of drug-likeness (QED) is 0.840. The van der Waals surface area contributed by atoms with Gasteiger partial charge in [-0.1, -0.05) is 19.9 Å². The summed E-state index contributed by atoms with van der Waals surface area (Å²) in [7, 11) is 3.19. The van der Waals surface area contributed by atoms with E-state index in [-0.39, 0.29) is 5.91 Å². The minimum Gasteiger partial charge on any atom is -0.493 e. The van der Waals surface area contributed by atoms with Gasteiger partial charge >= 0.3 is 0 Å². The lowest BCUT2D eigenvalue weighted by atomic mass is 10.1. The van der Waals surface area contributed by atoms with Crippen molar-refractivity contribution in [2.45, 2.75) is 20.3 Å². The maximum Gasteiger partial charge on any atom is 0.270 e. The van der Waals surface area contributed by atoms with Crippen molar-refractivity contribution in [1.82, 2.24) is 10.3 Å². The molecule has 1 aromatic heterocycles. The number of aromatic nitrogens is 1. The second-order valence-electron chi connectivity index (χ2n) is 5.52. The highest BCUT2D eigenvalue weighted by Gasteiger charge is 2.17. The molecule has 6 heteroatoms. The van der Waals surface area contributed by atoms with E-state index in [2.05, 4.69) is 24.1 Å². The number of benzene rings is 1. The zero-order valence-electron chi connectivity index (χ0n) is 13.9. The molecule has 2 aromatic rings. The maximum atomic E-state index is 12.1. The molecular formula is C17H22N2O3S. The molecule has 0 aliphatic carbocycles. The molecule has 0 fully saturated rings. The fourth-order valence-corrected chi connectivity index (χ4v) is 2.94. The number of rotatable bonds is 7. The Labute approximate surface area is 140 Å². The molecule has 0 saturated heterocycles. The Hall–Kier alpha value is -2.08. The molecule has 23 heavy (non-hydrogen) atoms. The molecule has 1 heterocycles. The predicted octanol–water partition coefficient (Wildman–Crippen LogP) is 3.60. The number of amides is 1. The maximum absolute atomic E-state index is 12.1. The third kappa shape index (κ3) is 4.22. The third-order valence-corrected chi connectivity index (χ3v) is 4.25. The number of nitrogens with zero attached hydrogens (tertiary/aromatic N) is 1. The zero-order valence-corrected chi connectivity index (χ0v) is 14.7. The lowest BCUT2D eigenvalue weighted by Gasteiger charge is -2.10. The number of hydrogen-bond donors (Lipinski definition) is 1. The lowest BCUT2D eigenvalue weighted by molar-refractivity contribution is 0.0948. The second kappa shape index (κ2) is 7.97. The molecule has 0 saturated carbocycles. The first-order chi connectivity index (χ1) is 11.1. The first-order valence-electron chi connectivity index (χ1n) is 7.52. The largest absolute Gasteiger partial charge is 0.493 e. The van der Waals surface area contributed by atoms with Gasteiger partial charge in [-0.25, -0.2) is 4.98 Å². The van der Waals surface area contributed by atoms with E-state index in [1.165, 1.54) is 11.3 Å². The van der Waals surface area contributed by atoms with Crippen LogP contribution in [0.25, 0.3) is 10.6 Å². The molecule has 0 unspecified atom stereocenters. The summed E-state index contributed by atoms with van der Waals surface area (Å²) in [6.45, 7) is 4.91. The molecule has 0 radical (unpaired) electrons. The van der Waals surface area contributed by atoms with Crippen molar-refractivity contribution >= 4 is 17.2 Å². The van der Waals surface area contributed by atoms with Gasteiger partial charge in [-0.2, -0.15) is 0 Å². The molecule has 5 nitrogen and oxygen atoms in total. The van der Waals surface area contributed by atoms with Gasteiger partial charge in [0.05, 0.1) is 19.8 Å². The van der Waals surface area contributed by atoms with Crippen molar-refractivity contribution < 1.29 is 14.3 Å². The van der Waals surface area contributed by atoms with Gasteiger partial charge < -0.3 is 14.8 Å². The van der Waals surface area contributed by atoms with Crippen LogP contribution in [0.15, 0.2) is 23.6 Å². The number of thiazole rings is 1. The van der Waals surface area contributed by atoms with Crippen LogP contribution in [0.5, 0.6) is 11.5 Å². The fraction of sp³-hybridized carbons (Fsp3) is 0.412. The fourth-order valence-electron chi connectivity index (χ4n) is 2.12. The van der Waals surface area contributed by atoms with Crippen LogP contribution in [-0.2, 0) is 0 Å². The Morgan fingerprint density at radius 3 is 2.74 bits per heavy atom. The van der Waals surface area contributed by atoms with Crippen molar-refractivity contribution in [3.63, 3.8) is 0 Å². The Kier molecular flexibility index (Phi) is 5.98. The average molecular weight is 334 g/mol. The van der Waals surface area contributed by atoms with E-state index in [0.717, 1.165) is 17.0 Å². The molecule has 0 bridgehead atoms. The normalized spacial score (nSPS) is 10.7. The number of ether oxygens (including phenoxy) is 2. The summed E-state index contributed by atoms with van der Waals surface area (Å²) in [6.07, 6.45) is 0.951. The molecular weight excluding hydrogens is 312 g/mol. The minimum absolute atomic E-state index is 0.144. The van der Waals surface area contributed by atoms with Crippen molar-refractivity contribution in [3.8, 4) is 22.1 Å². The lowest BCUT2D eigenvalue weighted by Crippen LogP contribution is -2.25. The van der Waals surface area contributed by atoms with E-state index in [0.29, 0.717) is 29.7 Å². The number of nitrogens with one attached hydrogen (secondary N) is 1. The number of para-hydroxylation sites is 1. The summed E-state index contributed by atoms with van der Waals surface area (Å²) >= 11 is 1.41. The smallest absolute Gasteiger partial charge is 0.270 e. The monoisotopic (exact) mass is 334 g/mol. The minimum atomic E-state index is -0.144. The molecule has 1 N–H and O–H groups in total. The Morgan fingerprint density at radius 2 is 2.09 bits per heavy atom. The van der Waals surface area contributed by atoms with Gasteiger partial charge in [0.1, 0.15) is 10.7 Å². The van der Waals surface area contributed by atoms with Crippen LogP contribution in [0.1, 0.15) is 30.8 Å². The van der Waals surface area contributed by atoms with Gasteiger partial charge in [0.2, 0.25) is 0 Å². The van der Waals surface area contributed by atoms with Gasteiger partial charge in [0.15, 0.2) is 11.5 Å². The summed E-state index contributed by atoms with van der Waals surface area (Å²) in [5.41, 5.74) is 1.25. The predicted molar refractivity (Wildman–Crippen MR) is 92.4 cm³/mol. The van der Waals surface area contributed by atoms with Crippen LogP contribution in [0.4, 0.5) is 0 Å². The van der Waals surface area contributed by atoms with Crippen molar-refractivity contribution in [2.24, 2.45) is 5.92 Å². The Morgan fingerprint density at radius 1 is 1.30 bits per heavy atom. The molecule has 0 aliphatic heterocycles. The summed E-state index contributed by atoms with van der Waals surface area (Å²) in [6, 6.07) is 5.61. The average Bonchev–Trinajstić information content (AvgIpc) is 3.03. The van der Waals surface area contributed by atoms with Gasteiger partial charge in [0, 0.05) is 11.9 Å². The first kappa shape index (κ1) is 17.3. The molecule has 0 atom stereocenters. The summed E-state index contributed by atoms with van der Waals surface area (Å²) in [4.78, 5) is 16.6. The highest BCUT2D eigenvalue weighted by atomic mass is 32.1. The Balaban J connectivity index is 2.18. The number of hydrogen-bond acceptors (Lipinski definition) is 5. The highest BCUT2D eigenvalue weighted by Crippen LogP contribution is 2.38.